The number of aryl methyl sites for hydroxylation is 1. The number of ether oxygens (including phenoxy) is 1. The molecule has 0 spiro atoms. The number of fused-ring (bicyclic) bond motifs is 1. The lowest BCUT2D eigenvalue weighted by atomic mass is 10.1. The van der Waals surface area contributed by atoms with Gasteiger partial charge in [0.05, 0.1) is 29.3 Å². The molecule has 0 saturated carbocycles. The molecule has 2 heterocycles. The zero-order valence-corrected chi connectivity index (χ0v) is 16.7. The van der Waals surface area contributed by atoms with Gasteiger partial charge in [-0.3, -0.25) is 14.2 Å². The first-order valence-corrected chi connectivity index (χ1v) is 9.71. The molecule has 146 valence electrons. The Balaban J connectivity index is 1.48. The second-order valence-electron chi connectivity index (χ2n) is 6.51. The van der Waals surface area contributed by atoms with E-state index in [2.05, 4.69) is 15.3 Å². The highest BCUT2D eigenvalue weighted by molar-refractivity contribution is 7.22. The van der Waals surface area contributed by atoms with Gasteiger partial charge in [0.2, 0.25) is 5.91 Å². The third-order valence-electron chi connectivity index (χ3n) is 4.37. The van der Waals surface area contributed by atoms with Gasteiger partial charge in [-0.15, -0.1) is 0 Å². The molecule has 0 aliphatic carbocycles. The van der Waals surface area contributed by atoms with Crippen LogP contribution in [0.5, 0.6) is 5.75 Å². The Bertz CT molecular complexity index is 1250. The van der Waals surface area contributed by atoms with Crippen LogP contribution in [0.15, 0.2) is 59.7 Å². The monoisotopic (exact) mass is 406 g/mol. The molecule has 7 nitrogen and oxygen atoms in total. The average molecular weight is 406 g/mol. The summed E-state index contributed by atoms with van der Waals surface area (Å²) in [5.41, 5.74) is 2.99. The average Bonchev–Trinajstić information content (AvgIpc) is 3.10. The Labute approximate surface area is 170 Å². The van der Waals surface area contributed by atoms with Crippen molar-refractivity contribution in [3.05, 3.63) is 70.8 Å². The first-order chi connectivity index (χ1) is 14.0. The number of anilines is 1. The summed E-state index contributed by atoms with van der Waals surface area (Å²) in [5.74, 6) is 0.394. The highest BCUT2D eigenvalue weighted by Gasteiger charge is 2.11. The summed E-state index contributed by atoms with van der Waals surface area (Å²) in [4.78, 5) is 33.5. The number of nitrogens with zero attached hydrogens (tertiary/aromatic N) is 3. The van der Waals surface area contributed by atoms with E-state index in [9.17, 15) is 9.59 Å². The summed E-state index contributed by atoms with van der Waals surface area (Å²) in [5, 5.41) is 3.26. The van der Waals surface area contributed by atoms with E-state index in [1.807, 2.05) is 37.3 Å². The summed E-state index contributed by atoms with van der Waals surface area (Å²) in [7, 11) is 1.59. The Hall–Kier alpha value is -3.52. The van der Waals surface area contributed by atoms with Crippen molar-refractivity contribution in [2.24, 2.45) is 0 Å². The van der Waals surface area contributed by atoms with Crippen molar-refractivity contribution in [3.8, 4) is 17.0 Å². The van der Waals surface area contributed by atoms with E-state index in [-0.39, 0.29) is 18.0 Å². The molecule has 0 atom stereocenters. The van der Waals surface area contributed by atoms with Crippen molar-refractivity contribution in [1.29, 1.82) is 0 Å². The van der Waals surface area contributed by atoms with Crippen molar-refractivity contribution in [1.82, 2.24) is 14.5 Å². The van der Waals surface area contributed by atoms with Crippen molar-refractivity contribution in [2.75, 3.05) is 12.4 Å². The van der Waals surface area contributed by atoms with Gasteiger partial charge in [-0.2, -0.15) is 0 Å². The van der Waals surface area contributed by atoms with E-state index in [0.717, 1.165) is 27.1 Å². The SMILES string of the molecule is COc1ccc(-c2cc(=O)n(CC(=O)Nc3nc4ccc(C)cc4s3)cn2)cc1. The summed E-state index contributed by atoms with van der Waals surface area (Å²) in [6, 6.07) is 14.6. The van der Waals surface area contributed by atoms with Crippen LogP contribution in [0.25, 0.3) is 21.5 Å². The molecule has 4 rings (SSSR count). The van der Waals surface area contributed by atoms with Gasteiger partial charge >= 0.3 is 0 Å². The first-order valence-electron chi connectivity index (χ1n) is 8.90. The standard InChI is InChI=1S/C21H18N4O3S/c1-13-3-8-16-18(9-13)29-21(23-16)24-19(26)11-25-12-22-17(10-20(25)27)14-4-6-15(28-2)7-5-14/h3-10,12H,11H2,1-2H3,(H,23,24,26). The molecule has 2 aromatic carbocycles. The molecular formula is C21H18N4O3S. The maximum Gasteiger partial charge on any atom is 0.254 e. The van der Waals surface area contributed by atoms with Crippen LogP contribution in [0.1, 0.15) is 5.56 Å². The Morgan fingerprint density at radius 3 is 2.69 bits per heavy atom. The minimum atomic E-state index is -0.332. The highest BCUT2D eigenvalue weighted by Crippen LogP contribution is 2.26. The maximum absolute atomic E-state index is 12.4. The van der Waals surface area contributed by atoms with E-state index in [1.54, 1.807) is 19.2 Å². The second-order valence-corrected chi connectivity index (χ2v) is 7.54. The van der Waals surface area contributed by atoms with E-state index < -0.39 is 0 Å². The third-order valence-corrected chi connectivity index (χ3v) is 5.30. The number of carbonyl (C=O) groups excluding carboxylic acids is 1. The molecule has 4 aromatic rings. The smallest absolute Gasteiger partial charge is 0.254 e. The van der Waals surface area contributed by atoms with E-state index in [1.165, 1.54) is 28.3 Å². The number of hydrogen-bond donors (Lipinski definition) is 1. The van der Waals surface area contributed by atoms with Crippen LogP contribution in [-0.4, -0.2) is 27.6 Å². The topological polar surface area (TPSA) is 86.1 Å². The Morgan fingerprint density at radius 1 is 1.17 bits per heavy atom. The zero-order chi connectivity index (χ0) is 20.4. The number of aromatic nitrogens is 3. The highest BCUT2D eigenvalue weighted by atomic mass is 32.1. The summed E-state index contributed by atoms with van der Waals surface area (Å²) >= 11 is 1.40. The Morgan fingerprint density at radius 2 is 1.97 bits per heavy atom. The van der Waals surface area contributed by atoms with Gasteiger partial charge < -0.3 is 10.1 Å². The second kappa shape index (κ2) is 7.84. The van der Waals surface area contributed by atoms with Crippen molar-refractivity contribution in [3.63, 3.8) is 0 Å². The number of hydrogen-bond acceptors (Lipinski definition) is 6. The van der Waals surface area contributed by atoms with Gasteiger partial charge in [0, 0.05) is 11.6 Å². The first kappa shape index (κ1) is 18.8. The number of carbonyl (C=O) groups is 1. The van der Waals surface area contributed by atoms with Crippen LogP contribution in [0.2, 0.25) is 0 Å². The summed E-state index contributed by atoms with van der Waals surface area (Å²) < 4.78 is 7.40. The molecule has 1 N–H and O–H groups in total. The van der Waals surface area contributed by atoms with Crippen LogP contribution in [0.3, 0.4) is 0 Å². The fourth-order valence-corrected chi connectivity index (χ4v) is 3.84. The van der Waals surface area contributed by atoms with Gasteiger partial charge in [-0.25, -0.2) is 9.97 Å². The van der Waals surface area contributed by atoms with Crippen LogP contribution < -0.4 is 15.6 Å². The van der Waals surface area contributed by atoms with Gasteiger partial charge in [0.25, 0.3) is 5.56 Å². The lowest BCUT2D eigenvalue weighted by molar-refractivity contribution is -0.116. The quantitative estimate of drug-likeness (QED) is 0.548. The van der Waals surface area contributed by atoms with Crippen LogP contribution in [0, 0.1) is 6.92 Å². The van der Waals surface area contributed by atoms with Gasteiger partial charge in [0.1, 0.15) is 12.3 Å². The molecule has 0 fully saturated rings. The Kier molecular flexibility index (Phi) is 5.09. The van der Waals surface area contributed by atoms with Crippen molar-refractivity contribution in [2.45, 2.75) is 13.5 Å². The zero-order valence-electron chi connectivity index (χ0n) is 15.9. The molecule has 0 radical (unpaired) electrons. The predicted octanol–water partition coefficient (Wildman–Crippen LogP) is 3.48. The molecule has 0 bridgehead atoms. The molecule has 2 aromatic heterocycles. The van der Waals surface area contributed by atoms with E-state index in [0.29, 0.717) is 10.8 Å². The fourth-order valence-electron chi connectivity index (χ4n) is 2.86. The minimum Gasteiger partial charge on any atom is -0.497 e. The lowest BCUT2D eigenvalue weighted by Crippen LogP contribution is -2.27. The molecule has 1 amide bonds. The van der Waals surface area contributed by atoms with Crippen molar-refractivity contribution < 1.29 is 9.53 Å². The number of amides is 1. The third kappa shape index (κ3) is 4.17. The summed E-state index contributed by atoms with van der Waals surface area (Å²) in [6.45, 7) is 1.87. The maximum atomic E-state index is 12.4. The van der Waals surface area contributed by atoms with E-state index in [4.69, 9.17) is 4.74 Å². The number of nitrogens with one attached hydrogen (secondary N) is 1. The van der Waals surface area contributed by atoms with Crippen LogP contribution in [0.4, 0.5) is 5.13 Å². The van der Waals surface area contributed by atoms with Crippen LogP contribution >= 0.6 is 11.3 Å². The molecule has 0 aliphatic heterocycles. The lowest BCUT2D eigenvalue weighted by Gasteiger charge is -2.07. The number of methoxy groups -OCH3 is 1. The molecule has 0 aliphatic rings. The molecule has 0 unspecified atom stereocenters. The fraction of sp³-hybridized carbons (Fsp3) is 0.143. The summed E-state index contributed by atoms with van der Waals surface area (Å²) in [6.07, 6.45) is 1.38. The molecule has 8 heteroatoms. The molecule has 29 heavy (non-hydrogen) atoms. The number of rotatable bonds is 5. The largest absolute Gasteiger partial charge is 0.497 e. The van der Waals surface area contributed by atoms with Gasteiger partial charge in [0.15, 0.2) is 5.13 Å². The van der Waals surface area contributed by atoms with Crippen molar-refractivity contribution >= 4 is 32.6 Å². The number of thiazole rings is 1. The normalized spacial score (nSPS) is 10.8. The minimum absolute atomic E-state index is 0.135. The van der Waals surface area contributed by atoms with E-state index >= 15 is 0 Å². The van der Waals surface area contributed by atoms with Crippen LogP contribution in [-0.2, 0) is 11.3 Å². The number of benzene rings is 2. The predicted molar refractivity (Wildman–Crippen MR) is 113 cm³/mol. The molecule has 0 saturated heterocycles. The van der Waals surface area contributed by atoms with Gasteiger partial charge in [-0.05, 0) is 48.9 Å². The molecular weight excluding hydrogens is 388 g/mol. The van der Waals surface area contributed by atoms with Gasteiger partial charge in [-0.1, -0.05) is 17.4 Å².